The first kappa shape index (κ1) is 15.5. The fraction of sp³-hybridized carbons (Fsp3) is 0.417. The first-order valence-electron chi connectivity index (χ1n) is 5.97. The molecule has 8 heteroatoms. The minimum absolute atomic E-state index is 0.0777. The number of carbonyl (C=O) groups is 3. The number of nitrogens with zero attached hydrogens (tertiary/aromatic N) is 2. The van der Waals surface area contributed by atoms with Gasteiger partial charge < -0.3 is 16.2 Å². The van der Waals surface area contributed by atoms with Crippen molar-refractivity contribution in [3.8, 4) is 0 Å². The summed E-state index contributed by atoms with van der Waals surface area (Å²) in [5.74, 6) is -2.77. The zero-order valence-corrected chi connectivity index (χ0v) is 11.2. The summed E-state index contributed by atoms with van der Waals surface area (Å²) in [6, 6.07) is -1.06. The molecule has 0 bridgehead atoms. The second kappa shape index (κ2) is 6.60. The van der Waals surface area contributed by atoms with Crippen LogP contribution in [0.4, 0.5) is 0 Å². The molecule has 0 radical (unpaired) electrons. The van der Waals surface area contributed by atoms with Gasteiger partial charge in [0, 0.05) is 12.4 Å². The summed E-state index contributed by atoms with van der Waals surface area (Å²) in [5, 5.41) is 11.4. The summed E-state index contributed by atoms with van der Waals surface area (Å²) in [6.07, 6.45) is 2.70. The Morgan fingerprint density at radius 1 is 1.25 bits per heavy atom. The first-order valence-corrected chi connectivity index (χ1v) is 5.97. The van der Waals surface area contributed by atoms with Gasteiger partial charge >= 0.3 is 5.97 Å². The topological polar surface area (TPSA) is 135 Å². The third kappa shape index (κ3) is 4.01. The Labute approximate surface area is 115 Å². The van der Waals surface area contributed by atoms with Gasteiger partial charge in [0.1, 0.15) is 6.04 Å². The number of hydrogen-bond donors (Lipinski definition) is 3. The van der Waals surface area contributed by atoms with Gasteiger partial charge in [-0.25, -0.2) is 14.8 Å². The molecule has 0 unspecified atom stereocenters. The van der Waals surface area contributed by atoms with Crippen LogP contribution >= 0.6 is 0 Å². The molecular formula is C12H16N4O4. The number of aromatic nitrogens is 2. The van der Waals surface area contributed by atoms with Crippen LogP contribution < -0.4 is 11.1 Å². The minimum atomic E-state index is -1.16. The van der Waals surface area contributed by atoms with Crippen molar-refractivity contribution in [1.82, 2.24) is 15.3 Å². The third-order valence-corrected chi connectivity index (χ3v) is 2.46. The molecule has 0 aromatic carbocycles. The number of nitrogens with two attached hydrogens (primary N) is 1. The smallest absolute Gasteiger partial charge is 0.326 e. The molecule has 0 aliphatic carbocycles. The van der Waals surface area contributed by atoms with E-state index in [4.69, 9.17) is 10.8 Å². The fourth-order valence-electron chi connectivity index (χ4n) is 1.60. The van der Waals surface area contributed by atoms with E-state index < -0.39 is 23.8 Å². The summed E-state index contributed by atoms with van der Waals surface area (Å²) in [7, 11) is 0. The Balaban J connectivity index is 2.95. The maximum Gasteiger partial charge on any atom is 0.326 e. The molecule has 0 fully saturated rings. The number of carboxylic acid groups (broad SMARTS) is 1. The summed E-state index contributed by atoms with van der Waals surface area (Å²) in [5.41, 5.74) is 4.51. The first-order chi connectivity index (χ1) is 9.32. The second-order valence-corrected chi connectivity index (χ2v) is 4.61. The molecule has 1 heterocycles. The zero-order chi connectivity index (χ0) is 15.3. The van der Waals surface area contributed by atoms with Crippen LogP contribution in [0.15, 0.2) is 12.4 Å². The molecule has 1 atom stereocenters. The van der Waals surface area contributed by atoms with E-state index in [0.29, 0.717) is 0 Å². The van der Waals surface area contributed by atoms with E-state index >= 15 is 0 Å². The van der Waals surface area contributed by atoms with Gasteiger partial charge in [0.2, 0.25) is 0 Å². The number of amides is 2. The lowest BCUT2D eigenvalue weighted by Gasteiger charge is -2.16. The number of carbonyl (C=O) groups excluding carboxylic acids is 2. The van der Waals surface area contributed by atoms with Crippen molar-refractivity contribution < 1.29 is 19.5 Å². The molecule has 0 aliphatic rings. The summed E-state index contributed by atoms with van der Waals surface area (Å²) in [4.78, 5) is 41.6. The molecule has 4 N–H and O–H groups in total. The second-order valence-electron chi connectivity index (χ2n) is 4.61. The van der Waals surface area contributed by atoms with E-state index in [1.54, 1.807) is 0 Å². The highest BCUT2D eigenvalue weighted by molar-refractivity contribution is 6.04. The van der Waals surface area contributed by atoms with Gasteiger partial charge in [0.15, 0.2) is 11.4 Å². The largest absolute Gasteiger partial charge is 0.480 e. The number of carboxylic acids is 1. The van der Waals surface area contributed by atoms with Crippen molar-refractivity contribution in [2.45, 2.75) is 26.3 Å². The standard InChI is InChI=1S/C12H16N4O4/c1-6(2)5-7(12(19)20)16-11(18)9-8(10(13)17)14-3-4-15-9/h3-4,6-7H,5H2,1-2H3,(H2,13,17)(H,16,18)(H,19,20)/t7-/m1/s1. The zero-order valence-electron chi connectivity index (χ0n) is 11.2. The number of rotatable bonds is 6. The molecular weight excluding hydrogens is 264 g/mol. The van der Waals surface area contributed by atoms with E-state index in [1.165, 1.54) is 12.4 Å². The highest BCUT2D eigenvalue weighted by atomic mass is 16.4. The molecule has 0 saturated carbocycles. The lowest BCUT2D eigenvalue weighted by molar-refractivity contribution is -0.139. The third-order valence-electron chi connectivity index (χ3n) is 2.46. The predicted molar refractivity (Wildman–Crippen MR) is 68.9 cm³/mol. The van der Waals surface area contributed by atoms with Crippen molar-refractivity contribution in [3.63, 3.8) is 0 Å². The number of aliphatic carboxylic acids is 1. The fourth-order valence-corrected chi connectivity index (χ4v) is 1.60. The molecule has 0 saturated heterocycles. The van der Waals surface area contributed by atoms with Crippen LogP contribution in [0, 0.1) is 5.92 Å². The monoisotopic (exact) mass is 280 g/mol. The van der Waals surface area contributed by atoms with Crippen LogP contribution in [-0.2, 0) is 4.79 Å². The average molecular weight is 280 g/mol. The molecule has 8 nitrogen and oxygen atoms in total. The van der Waals surface area contributed by atoms with Gasteiger partial charge in [-0.15, -0.1) is 0 Å². The van der Waals surface area contributed by atoms with Gasteiger partial charge in [-0.1, -0.05) is 13.8 Å². The lowest BCUT2D eigenvalue weighted by atomic mass is 10.0. The number of hydrogen-bond acceptors (Lipinski definition) is 5. The van der Waals surface area contributed by atoms with Gasteiger partial charge in [-0.05, 0) is 12.3 Å². The van der Waals surface area contributed by atoms with Gasteiger partial charge in [0.25, 0.3) is 11.8 Å². The average Bonchev–Trinajstić information content (AvgIpc) is 2.37. The van der Waals surface area contributed by atoms with Crippen molar-refractivity contribution in [2.75, 3.05) is 0 Å². The molecule has 1 aromatic heterocycles. The maximum atomic E-state index is 12.0. The molecule has 1 rings (SSSR count). The Kier molecular flexibility index (Phi) is 5.13. The van der Waals surface area contributed by atoms with Crippen molar-refractivity contribution >= 4 is 17.8 Å². The Morgan fingerprint density at radius 2 is 1.80 bits per heavy atom. The van der Waals surface area contributed by atoms with Crippen LogP contribution in [0.3, 0.4) is 0 Å². The SMILES string of the molecule is CC(C)C[C@@H](NC(=O)c1nccnc1C(N)=O)C(=O)O. The van der Waals surface area contributed by atoms with Crippen molar-refractivity contribution in [3.05, 3.63) is 23.8 Å². The quantitative estimate of drug-likeness (QED) is 0.660. The van der Waals surface area contributed by atoms with E-state index in [9.17, 15) is 14.4 Å². The van der Waals surface area contributed by atoms with Crippen molar-refractivity contribution in [1.29, 1.82) is 0 Å². The number of primary amides is 1. The Bertz CT molecular complexity index is 530. The molecule has 20 heavy (non-hydrogen) atoms. The van der Waals surface area contributed by atoms with E-state index in [0.717, 1.165) is 0 Å². The van der Waals surface area contributed by atoms with Gasteiger partial charge in [-0.2, -0.15) is 0 Å². The molecule has 2 amide bonds. The van der Waals surface area contributed by atoms with Gasteiger partial charge in [0.05, 0.1) is 0 Å². The Hall–Kier alpha value is -2.51. The Morgan fingerprint density at radius 3 is 2.25 bits per heavy atom. The van der Waals surface area contributed by atoms with E-state index in [1.807, 2.05) is 13.8 Å². The van der Waals surface area contributed by atoms with Crippen molar-refractivity contribution in [2.24, 2.45) is 11.7 Å². The van der Waals surface area contributed by atoms with Crippen LogP contribution in [0.1, 0.15) is 41.2 Å². The highest BCUT2D eigenvalue weighted by Gasteiger charge is 2.25. The van der Waals surface area contributed by atoms with E-state index in [-0.39, 0.29) is 23.7 Å². The van der Waals surface area contributed by atoms with E-state index in [2.05, 4.69) is 15.3 Å². The number of nitrogens with one attached hydrogen (secondary N) is 1. The van der Waals surface area contributed by atoms with Crippen LogP contribution in [0.25, 0.3) is 0 Å². The molecule has 0 aliphatic heterocycles. The normalized spacial score (nSPS) is 11.9. The maximum absolute atomic E-state index is 12.0. The summed E-state index contributed by atoms with van der Waals surface area (Å²) < 4.78 is 0. The van der Waals surface area contributed by atoms with Crippen LogP contribution in [0.2, 0.25) is 0 Å². The summed E-state index contributed by atoms with van der Waals surface area (Å²) >= 11 is 0. The van der Waals surface area contributed by atoms with Crippen LogP contribution in [-0.4, -0.2) is 38.9 Å². The molecule has 1 aromatic rings. The van der Waals surface area contributed by atoms with Crippen LogP contribution in [0.5, 0.6) is 0 Å². The predicted octanol–water partition coefficient (Wildman–Crippen LogP) is -0.195. The summed E-state index contributed by atoms with van der Waals surface area (Å²) in [6.45, 7) is 3.67. The molecule has 108 valence electrons. The molecule has 0 spiro atoms. The highest BCUT2D eigenvalue weighted by Crippen LogP contribution is 2.07. The lowest BCUT2D eigenvalue weighted by Crippen LogP contribution is -2.42. The van der Waals surface area contributed by atoms with Gasteiger partial charge in [-0.3, -0.25) is 9.59 Å². The minimum Gasteiger partial charge on any atom is -0.480 e.